The summed E-state index contributed by atoms with van der Waals surface area (Å²) in [5, 5.41) is 0. The van der Waals surface area contributed by atoms with Gasteiger partial charge in [0.25, 0.3) is 10.0 Å². The first-order valence-electron chi connectivity index (χ1n) is 6.59. The molecule has 1 aromatic carbocycles. The van der Waals surface area contributed by atoms with Gasteiger partial charge >= 0.3 is 0 Å². The molecule has 0 saturated carbocycles. The first kappa shape index (κ1) is 15.3. The molecular weight excluding hydrogens is 288 g/mol. The van der Waals surface area contributed by atoms with Crippen LogP contribution in [0.2, 0.25) is 0 Å². The molecule has 6 heteroatoms. The summed E-state index contributed by atoms with van der Waals surface area (Å²) in [6.07, 6.45) is 1.45. The molecule has 1 heterocycles. The van der Waals surface area contributed by atoms with Crippen molar-refractivity contribution < 1.29 is 8.42 Å². The Morgan fingerprint density at radius 2 is 1.67 bits per heavy atom. The Morgan fingerprint density at radius 1 is 1.05 bits per heavy atom. The first-order chi connectivity index (χ1) is 9.79. The van der Waals surface area contributed by atoms with Crippen molar-refractivity contribution in [3.8, 4) is 0 Å². The number of nitrogens with zero attached hydrogens (tertiary/aromatic N) is 1. The van der Waals surface area contributed by atoms with Crippen LogP contribution in [0.15, 0.2) is 52.3 Å². The zero-order valence-corrected chi connectivity index (χ0v) is 13.0. The number of hydrogen-bond donors (Lipinski definition) is 1. The van der Waals surface area contributed by atoms with Crippen LogP contribution in [0.25, 0.3) is 0 Å². The molecule has 0 aliphatic rings. The molecular formula is C15H18N2O3S. The molecule has 1 aromatic heterocycles. The van der Waals surface area contributed by atoms with Gasteiger partial charge in [-0.1, -0.05) is 26.0 Å². The van der Waals surface area contributed by atoms with Crippen molar-refractivity contribution in [2.24, 2.45) is 7.05 Å². The number of sulfonamides is 1. The van der Waals surface area contributed by atoms with E-state index in [9.17, 15) is 13.2 Å². The van der Waals surface area contributed by atoms with Crippen LogP contribution >= 0.6 is 0 Å². The van der Waals surface area contributed by atoms with Gasteiger partial charge < -0.3 is 4.57 Å². The lowest BCUT2D eigenvalue weighted by molar-refractivity contribution is 0.601. The Morgan fingerprint density at radius 3 is 2.19 bits per heavy atom. The number of rotatable bonds is 4. The van der Waals surface area contributed by atoms with E-state index in [0.29, 0.717) is 11.6 Å². The minimum atomic E-state index is -3.65. The standard InChI is InChI=1S/C15H18N2O3S/c1-11(2)12-4-7-14(8-5-12)21(19,20)16-13-6-9-15(18)17(3)10-13/h4-11,16H,1-3H3. The summed E-state index contributed by atoms with van der Waals surface area (Å²) in [6, 6.07) is 9.54. The number of benzene rings is 1. The monoisotopic (exact) mass is 306 g/mol. The van der Waals surface area contributed by atoms with Crippen LogP contribution < -0.4 is 10.3 Å². The predicted molar refractivity (Wildman–Crippen MR) is 83.0 cm³/mol. The maximum Gasteiger partial charge on any atom is 0.261 e. The van der Waals surface area contributed by atoms with E-state index in [1.54, 1.807) is 31.3 Å². The van der Waals surface area contributed by atoms with Crippen LogP contribution in [0.3, 0.4) is 0 Å². The van der Waals surface area contributed by atoms with Gasteiger partial charge in [0.15, 0.2) is 0 Å². The second kappa shape index (κ2) is 5.73. The molecule has 0 spiro atoms. The highest BCUT2D eigenvalue weighted by Gasteiger charge is 2.14. The van der Waals surface area contributed by atoms with E-state index in [1.165, 1.54) is 22.9 Å². The molecule has 0 aliphatic heterocycles. The zero-order chi connectivity index (χ0) is 15.6. The molecule has 0 radical (unpaired) electrons. The van der Waals surface area contributed by atoms with Crippen molar-refractivity contribution >= 4 is 15.7 Å². The van der Waals surface area contributed by atoms with E-state index in [1.807, 2.05) is 13.8 Å². The Hall–Kier alpha value is -2.08. The van der Waals surface area contributed by atoms with Gasteiger partial charge in [-0.15, -0.1) is 0 Å². The summed E-state index contributed by atoms with van der Waals surface area (Å²) >= 11 is 0. The van der Waals surface area contributed by atoms with Crippen LogP contribution in [0.4, 0.5) is 5.69 Å². The molecule has 21 heavy (non-hydrogen) atoms. The summed E-state index contributed by atoms with van der Waals surface area (Å²) in [5.74, 6) is 0.346. The highest BCUT2D eigenvalue weighted by Crippen LogP contribution is 2.19. The lowest BCUT2D eigenvalue weighted by atomic mass is 10.0. The maximum atomic E-state index is 12.3. The van der Waals surface area contributed by atoms with Crippen molar-refractivity contribution in [2.45, 2.75) is 24.7 Å². The third-order valence-electron chi connectivity index (χ3n) is 3.20. The lowest BCUT2D eigenvalue weighted by Crippen LogP contribution is -2.18. The molecule has 0 unspecified atom stereocenters. The predicted octanol–water partition coefficient (Wildman–Crippen LogP) is 2.31. The van der Waals surface area contributed by atoms with Crippen molar-refractivity contribution in [3.63, 3.8) is 0 Å². The van der Waals surface area contributed by atoms with Gasteiger partial charge in [-0.25, -0.2) is 8.42 Å². The largest absolute Gasteiger partial charge is 0.316 e. The minimum absolute atomic E-state index is 0.195. The molecule has 0 atom stereocenters. The van der Waals surface area contributed by atoms with Gasteiger partial charge in [-0.2, -0.15) is 0 Å². The molecule has 1 N–H and O–H groups in total. The molecule has 5 nitrogen and oxygen atoms in total. The van der Waals surface area contributed by atoms with E-state index in [4.69, 9.17) is 0 Å². The van der Waals surface area contributed by atoms with Gasteiger partial charge in [-0.05, 0) is 29.7 Å². The van der Waals surface area contributed by atoms with Gasteiger partial charge in [0, 0.05) is 19.3 Å². The summed E-state index contributed by atoms with van der Waals surface area (Å²) in [4.78, 5) is 11.5. The second-order valence-corrected chi connectivity index (χ2v) is 6.88. The van der Waals surface area contributed by atoms with Gasteiger partial charge in [-0.3, -0.25) is 9.52 Å². The topological polar surface area (TPSA) is 68.2 Å². The number of aromatic nitrogens is 1. The van der Waals surface area contributed by atoms with Crippen LogP contribution in [-0.4, -0.2) is 13.0 Å². The van der Waals surface area contributed by atoms with Crippen LogP contribution in [0.5, 0.6) is 0 Å². The molecule has 2 aromatic rings. The average molecular weight is 306 g/mol. The van der Waals surface area contributed by atoms with Crippen molar-refractivity contribution in [1.29, 1.82) is 0 Å². The zero-order valence-electron chi connectivity index (χ0n) is 12.2. The molecule has 0 fully saturated rings. The van der Waals surface area contributed by atoms with E-state index >= 15 is 0 Å². The highest BCUT2D eigenvalue weighted by molar-refractivity contribution is 7.92. The number of hydrogen-bond acceptors (Lipinski definition) is 3. The molecule has 0 bridgehead atoms. The van der Waals surface area contributed by atoms with Crippen molar-refractivity contribution in [2.75, 3.05) is 4.72 Å². The Labute approximate surface area is 124 Å². The summed E-state index contributed by atoms with van der Waals surface area (Å²) in [7, 11) is -2.08. The summed E-state index contributed by atoms with van der Waals surface area (Å²) < 4.78 is 28.3. The second-order valence-electron chi connectivity index (χ2n) is 5.20. The van der Waals surface area contributed by atoms with E-state index in [-0.39, 0.29) is 10.5 Å². The summed E-state index contributed by atoms with van der Waals surface area (Å²) in [5.41, 5.74) is 1.24. The molecule has 2 rings (SSSR count). The number of pyridine rings is 1. The van der Waals surface area contributed by atoms with E-state index in [0.717, 1.165) is 5.56 Å². The van der Waals surface area contributed by atoms with E-state index in [2.05, 4.69) is 4.72 Å². The van der Waals surface area contributed by atoms with Gasteiger partial charge in [0.2, 0.25) is 5.56 Å². The van der Waals surface area contributed by atoms with Crippen LogP contribution in [0, 0.1) is 0 Å². The number of aryl methyl sites for hydroxylation is 1. The number of anilines is 1. The average Bonchev–Trinajstić information content (AvgIpc) is 2.43. The fourth-order valence-electron chi connectivity index (χ4n) is 1.90. The Bertz CT molecular complexity index is 790. The smallest absolute Gasteiger partial charge is 0.261 e. The summed E-state index contributed by atoms with van der Waals surface area (Å²) in [6.45, 7) is 4.10. The van der Waals surface area contributed by atoms with E-state index < -0.39 is 10.0 Å². The molecule has 0 saturated heterocycles. The maximum absolute atomic E-state index is 12.3. The fraction of sp³-hybridized carbons (Fsp3) is 0.267. The molecule has 112 valence electrons. The van der Waals surface area contributed by atoms with Crippen LogP contribution in [0.1, 0.15) is 25.3 Å². The SMILES string of the molecule is CC(C)c1ccc(S(=O)(=O)Nc2ccc(=O)n(C)c2)cc1. The normalized spacial score (nSPS) is 11.6. The Balaban J connectivity index is 2.29. The van der Waals surface area contributed by atoms with Gasteiger partial charge in [0.05, 0.1) is 10.6 Å². The van der Waals surface area contributed by atoms with Gasteiger partial charge in [0.1, 0.15) is 0 Å². The Kier molecular flexibility index (Phi) is 4.18. The highest BCUT2D eigenvalue weighted by atomic mass is 32.2. The third-order valence-corrected chi connectivity index (χ3v) is 4.59. The van der Waals surface area contributed by atoms with Crippen LogP contribution in [-0.2, 0) is 17.1 Å². The lowest BCUT2D eigenvalue weighted by Gasteiger charge is -2.10. The third kappa shape index (κ3) is 3.52. The number of nitrogens with one attached hydrogen (secondary N) is 1. The quantitative estimate of drug-likeness (QED) is 0.942. The molecule has 0 amide bonds. The molecule has 0 aliphatic carbocycles. The fourth-order valence-corrected chi connectivity index (χ4v) is 2.94. The van der Waals surface area contributed by atoms with Crippen molar-refractivity contribution in [1.82, 2.24) is 4.57 Å². The first-order valence-corrected chi connectivity index (χ1v) is 8.07. The van der Waals surface area contributed by atoms with Crippen molar-refractivity contribution in [3.05, 3.63) is 58.5 Å². The minimum Gasteiger partial charge on any atom is -0.316 e.